The van der Waals surface area contributed by atoms with E-state index in [1.54, 1.807) is 24.3 Å². The molecule has 3 rings (SSSR count). The first kappa shape index (κ1) is 12.5. The third-order valence-electron chi connectivity index (χ3n) is 3.27. The van der Waals surface area contributed by atoms with Crippen molar-refractivity contribution >= 4 is 23.7 Å². The number of benzene rings is 1. The first-order valence-electron chi connectivity index (χ1n) is 6.27. The molecule has 0 saturated heterocycles. The summed E-state index contributed by atoms with van der Waals surface area (Å²) >= 11 is 0. The predicted molar refractivity (Wildman–Crippen MR) is 69.1 cm³/mol. The topological polar surface area (TPSA) is 76.0 Å². The smallest absolute Gasteiger partial charge is 0.310 e. The largest absolute Gasteiger partial charge is 0.450 e. The fourth-order valence-electron chi connectivity index (χ4n) is 2.24. The summed E-state index contributed by atoms with van der Waals surface area (Å²) in [5, 5.41) is 0. The fourth-order valence-corrected chi connectivity index (χ4v) is 2.24. The molecule has 0 fully saturated rings. The number of aliphatic imine (C=N–C) groups is 1. The molecule has 102 valence electrons. The molecular formula is C14H12N2O4. The summed E-state index contributed by atoms with van der Waals surface area (Å²) in [5.41, 5.74) is 0.591. The van der Waals surface area contributed by atoms with Gasteiger partial charge in [-0.25, -0.2) is 0 Å². The minimum atomic E-state index is -0.741. The van der Waals surface area contributed by atoms with Crippen LogP contribution in [0.1, 0.15) is 34.6 Å². The maximum absolute atomic E-state index is 12.2. The number of imide groups is 1. The number of ether oxygens (including phenoxy) is 1. The molecule has 6 heteroatoms. The summed E-state index contributed by atoms with van der Waals surface area (Å²) in [6, 6.07) is 6.25. The minimum absolute atomic E-state index is 0.0843. The molecular weight excluding hydrogens is 260 g/mol. The molecule has 1 atom stereocenters. The Bertz CT molecular complexity index is 628. The van der Waals surface area contributed by atoms with Crippen molar-refractivity contribution in [2.75, 3.05) is 0 Å². The van der Waals surface area contributed by atoms with E-state index in [4.69, 9.17) is 4.74 Å². The van der Waals surface area contributed by atoms with Gasteiger partial charge in [-0.05, 0) is 18.1 Å². The second kappa shape index (κ2) is 4.26. The van der Waals surface area contributed by atoms with E-state index in [0.29, 0.717) is 11.1 Å². The van der Waals surface area contributed by atoms with Gasteiger partial charge in [0.2, 0.25) is 0 Å². The third-order valence-corrected chi connectivity index (χ3v) is 3.27. The quantitative estimate of drug-likeness (QED) is 0.720. The second-order valence-electron chi connectivity index (χ2n) is 5.01. The first-order chi connectivity index (χ1) is 9.50. The normalized spacial score (nSPS) is 21.4. The van der Waals surface area contributed by atoms with Crippen LogP contribution in [0.2, 0.25) is 0 Å². The lowest BCUT2D eigenvalue weighted by atomic mass is 10.1. The molecule has 0 aromatic heterocycles. The van der Waals surface area contributed by atoms with Gasteiger partial charge in [0, 0.05) is 0 Å². The molecule has 20 heavy (non-hydrogen) atoms. The Kier molecular flexibility index (Phi) is 2.67. The lowest BCUT2D eigenvalue weighted by Gasteiger charge is -2.16. The van der Waals surface area contributed by atoms with Crippen molar-refractivity contribution in [1.82, 2.24) is 4.90 Å². The van der Waals surface area contributed by atoms with Crippen molar-refractivity contribution in [2.45, 2.75) is 20.0 Å². The van der Waals surface area contributed by atoms with E-state index in [-0.39, 0.29) is 11.9 Å². The van der Waals surface area contributed by atoms with E-state index < -0.39 is 23.8 Å². The molecule has 0 N–H and O–H groups in total. The molecule has 2 aliphatic heterocycles. The van der Waals surface area contributed by atoms with Gasteiger partial charge in [-0.3, -0.25) is 14.4 Å². The Balaban J connectivity index is 1.95. The lowest BCUT2D eigenvalue weighted by molar-refractivity contribution is -0.124. The molecule has 0 radical (unpaired) electrons. The summed E-state index contributed by atoms with van der Waals surface area (Å²) in [6.07, 6.45) is -0.741. The van der Waals surface area contributed by atoms with E-state index in [0.717, 1.165) is 4.90 Å². The zero-order valence-corrected chi connectivity index (χ0v) is 11.0. The number of fused-ring (bicyclic) bond motifs is 1. The molecule has 0 saturated carbocycles. The number of carbonyl (C=O) groups is 3. The van der Waals surface area contributed by atoms with Gasteiger partial charge >= 0.3 is 6.02 Å². The van der Waals surface area contributed by atoms with Crippen LogP contribution in [0.25, 0.3) is 0 Å². The van der Waals surface area contributed by atoms with Crippen LogP contribution in [0.4, 0.5) is 0 Å². The summed E-state index contributed by atoms with van der Waals surface area (Å²) in [5.74, 6) is -1.58. The van der Waals surface area contributed by atoms with Crippen molar-refractivity contribution in [1.29, 1.82) is 0 Å². The molecule has 1 aromatic rings. The predicted octanol–water partition coefficient (Wildman–Crippen LogP) is 1.22. The van der Waals surface area contributed by atoms with Gasteiger partial charge in [0.1, 0.15) is 0 Å². The number of hydrogen-bond donors (Lipinski definition) is 0. The van der Waals surface area contributed by atoms with Crippen molar-refractivity contribution < 1.29 is 19.1 Å². The summed E-state index contributed by atoms with van der Waals surface area (Å²) in [6.45, 7) is 3.62. The number of hydrogen-bond acceptors (Lipinski definition) is 4. The first-order valence-corrected chi connectivity index (χ1v) is 6.27. The zero-order chi connectivity index (χ0) is 14.4. The lowest BCUT2D eigenvalue weighted by Crippen LogP contribution is -2.38. The molecule has 1 unspecified atom stereocenters. The van der Waals surface area contributed by atoms with Crippen LogP contribution in [0.5, 0.6) is 0 Å². The van der Waals surface area contributed by atoms with Crippen LogP contribution in [0, 0.1) is 5.92 Å². The number of amides is 3. The van der Waals surface area contributed by atoms with Crippen LogP contribution in [0.15, 0.2) is 29.3 Å². The van der Waals surface area contributed by atoms with Crippen LogP contribution < -0.4 is 0 Å². The van der Waals surface area contributed by atoms with E-state index in [1.807, 2.05) is 13.8 Å². The van der Waals surface area contributed by atoms with Crippen molar-refractivity contribution in [3.05, 3.63) is 35.4 Å². The van der Waals surface area contributed by atoms with Crippen LogP contribution >= 0.6 is 0 Å². The third kappa shape index (κ3) is 1.65. The number of rotatable bonds is 1. The van der Waals surface area contributed by atoms with E-state index in [9.17, 15) is 14.4 Å². The Morgan fingerprint density at radius 1 is 1.10 bits per heavy atom. The highest BCUT2D eigenvalue weighted by atomic mass is 16.5. The zero-order valence-electron chi connectivity index (χ0n) is 11.0. The Morgan fingerprint density at radius 3 is 2.10 bits per heavy atom. The van der Waals surface area contributed by atoms with Gasteiger partial charge in [-0.15, -0.1) is 0 Å². The van der Waals surface area contributed by atoms with Crippen LogP contribution in [-0.2, 0) is 9.53 Å². The highest BCUT2D eigenvalue weighted by Crippen LogP contribution is 2.26. The average Bonchev–Trinajstić information content (AvgIpc) is 2.90. The minimum Gasteiger partial charge on any atom is -0.450 e. The second-order valence-corrected chi connectivity index (χ2v) is 5.01. The van der Waals surface area contributed by atoms with E-state index in [1.165, 1.54) is 0 Å². The maximum atomic E-state index is 12.2. The summed E-state index contributed by atoms with van der Waals surface area (Å²) in [4.78, 5) is 40.6. The van der Waals surface area contributed by atoms with E-state index >= 15 is 0 Å². The van der Waals surface area contributed by atoms with Gasteiger partial charge in [-0.2, -0.15) is 9.89 Å². The van der Waals surface area contributed by atoms with Gasteiger partial charge in [0.05, 0.1) is 11.1 Å². The van der Waals surface area contributed by atoms with Crippen LogP contribution in [-0.4, -0.2) is 34.7 Å². The Morgan fingerprint density at radius 2 is 1.65 bits per heavy atom. The van der Waals surface area contributed by atoms with Crippen molar-refractivity contribution in [3.63, 3.8) is 0 Å². The highest BCUT2D eigenvalue weighted by Gasteiger charge is 2.44. The molecule has 2 aliphatic rings. The van der Waals surface area contributed by atoms with Crippen molar-refractivity contribution in [3.8, 4) is 0 Å². The summed E-state index contributed by atoms with van der Waals surface area (Å²) in [7, 11) is 0. The highest BCUT2D eigenvalue weighted by molar-refractivity contribution is 6.29. The molecule has 0 bridgehead atoms. The molecule has 0 spiro atoms. The Labute approximate surface area is 115 Å². The number of carbonyl (C=O) groups excluding carboxylic acids is 3. The Hall–Kier alpha value is -2.50. The van der Waals surface area contributed by atoms with Crippen LogP contribution in [0.3, 0.4) is 0 Å². The molecule has 1 aromatic carbocycles. The summed E-state index contributed by atoms with van der Waals surface area (Å²) < 4.78 is 5.38. The SMILES string of the molecule is CC(C)C1OC(N2C(=O)c3ccccc3C2=O)=NC1=O. The number of nitrogens with zero attached hydrogens (tertiary/aromatic N) is 2. The molecule has 3 amide bonds. The standard InChI is InChI=1S/C14H12N2O4/c1-7(2)10-11(17)15-14(20-10)16-12(18)8-5-3-4-6-9(8)13(16)19/h3-7,10H,1-2H3. The fraction of sp³-hybridized carbons (Fsp3) is 0.286. The van der Waals surface area contributed by atoms with Gasteiger partial charge < -0.3 is 4.74 Å². The van der Waals surface area contributed by atoms with Gasteiger partial charge in [-0.1, -0.05) is 26.0 Å². The molecule has 0 aliphatic carbocycles. The number of amidine groups is 1. The van der Waals surface area contributed by atoms with Gasteiger partial charge in [0.15, 0.2) is 6.10 Å². The van der Waals surface area contributed by atoms with E-state index in [2.05, 4.69) is 4.99 Å². The van der Waals surface area contributed by atoms with Crippen molar-refractivity contribution in [2.24, 2.45) is 10.9 Å². The molecule has 2 heterocycles. The monoisotopic (exact) mass is 272 g/mol. The average molecular weight is 272 g/mol. The molecule has 6 nitrogen and oxygen atoms in total. The van der Waals surface area contributed by atoms with Gasteiger partial charge in [0.25, 0.3) is 17.7 Å². The maximum Gasteiger partial charge on any atom is 0.310 e.